The molecule has 0 spiro atoms. The highest BCUT2D eigenvalue weighted by Crippen LogP contribution is 2.26. The summed E-state index contributed by atoms with van der Waals surface area (Å²) in [7, 11) is 0. The van der Waals surface area contributed by atoms with Crippen molar-refractivity contribution in [3.05, 3.63) is 41.6 Å². The number of amides is 1. The molecule has 1 amide bonds. The van der Waals surface area contributed by atoms with Gasteiger partial charge in [-0.15, -0.1) is 10.2 Å². The second-order valence-electron chi connectivity index (χ2n) is 6.68. The predicted molar refractivity (Wildman–Crippen MR) is 96.6 cm³/mol. The molecule has 0 atom stereocenters. The first-order valence-electron chi connectivity index (χ1n) is 9.06. The van der Waals surface area contributed by atoms with Gasteiger partial charge >= 0.3 is 0 Å². The van der Waals surface area contributed by atoms with Crippen LogP contribution in [-0.4, -0.2) is 40.1 Å². The molecule has 0 radical (unpaired) electrons. The first kappa shape index (κ1) is 17.5. The maximum Gasteiger partial charge on any atom is 0.256 e. The standard InChI is InChI=1S/C19H26N4O2/c1-4-17-20-21-18(25-17)13-23(14(2)3)19(24)15-9-5-6-10-16(15)22-11-7-8-12-22/h5-6,9-10,14H,4,7-8,11-13H2,1-3H3. The minimum atomic E-state index is 0.00810. The first-order chi connectivity index (χ1) is 12.1. The quantitative estimate of drug-likeness (QED) is 0.806. The normalized spacial score (nSPS) is 14.3. The van der Waals surface area contributed by atoms with Crippen LogP contribution in [-0.2, 0) is 13.0 Å². The average Bonchev–Trinajstić information content (AvgIpc) is 3.30. The number of nitrogens with zero attached hydrogens (tertiary/aromatic N) is 4. The topological polar surface area (TPSA) is 62.5 Å². The molecule has 0 saturated carbocycles. The number of carbonyl (C=O) groups is 1. The number of benzene rings is 1. The fourth-order valence-corrected chi connectivity index (χ4v) is 3.17. The summed E-state index contributed by atoms with van der Waals surface area (Å²) in [5.41, 5.74) is 1.77. The van der Waals surface area contributed by atoms with E-state index in [0.717, 1.165) is 24.3 Å². The highest BCUT2D eigenvalue weighted by atomic mass is 16.4. The maximum atomic E-state index is 13.3. The Labute approximate surface area is 148 Å². The molecule has 1 aromatic carbocycles. The van der Waals surface area contributed by atoms with Gasteiger partial charge in [0.15, 0.2) is 0 Å². The largest absolute Gasteiger partial charge is 0.423 e. The zero-order chi connectivity index (χ0) is 17.8. The molecule has 0 aliphatic carbocycles. The summed E-state index contributed by atoms with van der Waals surface area (Å²) in [6.45, 7) is 8.33. The van der Waals surface area contributed by atoms with Gasteiger partial charge in [0.25, 0.3) is 5.91 Å². The van der Waals surface area contributed by atoms with Crippen LogP contribution in [0, 0.1) is 0 Å². The molecule has 1 aliphatic rings. The zero-order valence-corrected chi connectivity index (χ0v) is 15.2. The second kappa shape index (κ2) is 7.68. The fourth-order valence-electron chi connectivity index (χ4n) is 3.17. The van der Waals surface area contributed by atoms with E-state index in [1.807, 2.05) is 45.0 Å². The SMILES string of the molecule is CCc1nnc(CN(C(=O)c2ccccc2N2CCCC2)C(C)C)o1. The van der Waals surface area contributed by atoms with E-state index in [4.69, 9.17) is 4.42 Å². The molecule has 1 saturated heterocycles. The van der Waals surface area contributed by atoms with Gasteiger partial charge < -0.3 is 14.2 Å². The van der Waals surface area contributed by atoms with Crippen molar-refractivity contribution in [3.63, 3.8) is 0 Å². The third-order valence-corrected chi connectivity index (χ3v) is 4.58. The Morgan fingerprint density at radius 3 is 2.52 bits per heavy atom. The van der Waals surface area contributed by atoms with E-state index in [1.165, 1.54) is 12.8 Å². The van der Waals surface area contributed by atoms with Crippen molar-refractivity contribution in [2.24, 2.45) is 0 Å². The number of rotatable bonds is 6. The molecule has 0 N–H and O–H groups in total. The van der Waals surface area contributed by atoms with Gasteiger partial charge in [0.05, 0.1) is 12.1 Å². The lowest BCUT2D eigenvalue weighted by atomic mass is 10.1. The Morgan fingerprint density at radius 1 is 1.20 bits per heavy atom. The molecule has 25 heavy (non-hydrogen) atoms. The zero-order valence-electron chi connectivity index (χ0n) is 15.2. The summed E-state index contributed by atoms with van der Waals surface area (Å²) in [5, 5.41) is 8.06. The highest BCUT2D eigenvalue weighted by Gasteiger charge is 2.26. The van der Waals surface area contributed by atoms with Crippen LogP contribution in [0.25, 0.3) is 0 Å². The minimum absolute atomic E-state index is 0.00810. The average molecular weight is 342 g/mol. The van der Waals surface area contributed by atoms with Gasteiger partial charge in [0.1, 0.15) is 0 Å². The lowest BCUT2D eigenvalue weighted by Gasteiger charge is -2.28. The predicted octanol–water partition coefficient (Wildman–Crippen LogP) is 3.28. The summed E-state index contributed by atoms with van der Waals surface area (Å²) >= 11 is 0. The summed E-state index contributed by atoms with van der Waals surface area (Å²) in [6, 6.07) is 7.91. The van der Waals surface area contributed by atoms with Crippen molar-refractivity contribution in [1.29, 1.82) is 0 Å². The maximum absolute atomic E-state index is 13.3. The number of carbonyl (C=O) groups excluding carboxylic acids is 1. The molecule has 6 nitrogen and oxygen atoms in total. The van der Waals surface area contributed by atoms with Crippen LogP contribution >= 0.6 is 0 Å². The van der Waals surface area contributed by atoms with Gasteiger partial charge in [-0.05, 0) is 38.8 Å². The van der Waals surface area contributed by atoms with Crippen LogP contribution in [0.5, 0.6) is 0 Å². The molecule has 1 fully saturated rings. The minimum Gasteiger partial charge on any atom is -0.423 e. The lowest BCUT2D eigenvalue weighted by molar-refractivity contribution is 0.0672. The molecule has 0 bridgehead atoms. The summed E-state index contributed by atoms with van der Waals surface area (Å²) in [6.07, 6.45) is 3.05. The van der Waals surface area contributed by atoms with E-state index in [0.29, 0.717) is 24.7 Å². The van der Waals surface area contributed by atoms with Gasteiger partial charge in [0.2, 0.25) is 11.8 Å². The number of hydrogen-bond acceptors (Lipinski definition) is 5. The Morgan fingerprint density at radius 2 is 1.88 bits per heavy atom. The van der Waals surface area contributed by atoms with Crippen LogP contribution < -0.4 is 4.90 Å². The van der Waals surface area contributed by atoms with Crippen LogP contribution in [0.4, 0.5) is 5.69 Å². The van der Waals surface area contributed by atoms with E-state index in [1.54, 1.807) is 4.90 Å². The molecule has 6 heteroatoms. The third kappa shape index (κ3) is 3.83. The van der Waals surface area contributed by atoms with Gasteiger partial charge in [-0.2, -0.15) is 0 Å². The van der Waals surface area contributed by atoms with E-state index in [9.17, 15) is 4.79 Å². The Balaban J connectivity index is 1.85. The molecule has 2 aromatic rings. The van der Waals surface area contributed by atoms with Gasteiger partial charge in [-0.25, -0.2) is 0 Å². The molecule has 134 valence electrons. The van der Waals surface area contributed by atoms with Crippen LogP contribution in [0.1, 0.15) is 55.8 Å². The highest BCUT2D eigenvalue weighted by molar-refractivity contribution is 6.00. The van der Waals surface area contributed by atoms with Crippen LogP contribution in [0.15, 0.2) is 28.7 Å². The van der Waals surface area contributed by atoms with E-state index in [2.05, 4.69) is 15.1 Å². The van der Waals surface area contributed by atoms with E-state index >= 15 is 0 Å². The molecule has 3 rings (SSSR count). The summed E-state index contributed by atoms with van der Waals surface area (Å²) in [4.78, 5) is 17.3. The molecular formula is C19H26N4O2. The molecule has 1 aliphatic heterocycles. The molecule has 2 heterocycles. The summed E-state index contributed by atoms with van der Waals surface area (Å²) < 4.78 is 5.60. The van der Waals surface area contributed by atoms with Crippen molar-refractivity contribution in [1.82, 2.24) is 15.1 Å². The fraction of sp³-hybridized carbons (Fsp3) is 0.526. The number of aromatic nitrogens is 2. The second-order valence-corrected chi connectivity index (χ2v) is 6.68. The first-order valence-corrected chi connectivity index (χ1v) is 9.06. The van der Waals surface area contributed by atoms with Crippen molar-refractivity contribution >= 4 is 11.6 Å². The van der Waals surface area contributed by atoms with Crippen molar-refractivity contribution in [3.8, 4) is 0 Å². The van der Waals surface area contributed by atoms with Crippen molar-refractivity contribution in [2.75, 3.05) is 18.0 Å². The van der Waals surface area contributed by atoms with Crippen LogP contribution in [0.3, 0.4) is 0 Å². The van der Waals surface area contributed by atoms with Gasteiger partial charge in [-0.3, -0.25) is 4.79 Å². The van der Waals surface area contributed by atoms with Crippen molar-refractivity contribution in [2.45, 2.75) is 52.6 Å². The van der Waals surface area contributed by atoms with Crippen molar-refractivity contribution < 1.29 is 9.21 Å². The summed E-state index contributed by atoms with van der Waals surface area (Å²) in [5.74, 6) is 1.09. The van der Waals surface area contributed by atoms with Gasteiger partial charge in [0, 0.05) is 31.2 Å². The number of aryl methyl sites for hydroxylation is 1. The van der Waals surface area contributed by atoms with Gasteiger partial charge in [-0.1, -0.05) is 19.1 Å². The van der Waals surface area contributed by atoms with Crippen LogP contribution in [0.2, 0.25) is 0 Å². The smallest absolute Gasteiger partial charge is 0.256 e. The molecule has 0 unspecified atom stereocenters. The lowest BCUT2D eigenvalue weighted by Crippen LogP contribution is -2.37. The Hall–Kier alpha value is -2.37. The number of anilines is 1. The Kier molecular flexibility index (Phi) is 5.36. The van der Waals surface area contributed by atoms with E-state index < -0.39 is 0 Å². The Bertz CT molecular complexity index is 720. The monoisotopic (exact) mass is 342 g/mol. The molecular weight excluding hydrogens is 316 g/mol. The van der Waals surface area contributed by atoms with E-state index in [-0.39, 0.29) is 11.9 Å². The molecule has 1 aromatic heterocycles. The number of hydrogen-bond donors (Lipinski definition) is 0. The third-order valence-electron chi connectivity index (χ3n) is 4.58. The number of para-hydroxylation sites is 1.